The molecule has 6 nitrogen and oxygen atoms in total. The van der Waals surface area contributed by atoms with Gasteiger partial charge in [0.2, 0.25) is 5.43 Å². The molecule has 0 aliphatic carbocycles. The van der Waals surface area contributed by atoms with Crippen LogP contribution in [-0.2, 0) is 0 Å². The van der Waals surface area contributed by atoms with Gasteiger partial charge in [-0.2, -0.15) is 0 Å². The molecule has 1 heterocycles. The lowest BCUT2D eigenvalue weighted by Gasteiger charge is -2.08. The second kappa shape index (κ2) is 4.40. The first-order chi connectivity index (χ1) is 8.58. The maximum absolute atomic E-state index is 12.0. The molecule has 1 aromatic carbocycles. The quantitative estimate of drug-likeness (QED) is 0.854. The van der Waals surface area contributed by atoms with Gasteiger partial charge in [-0.1, -0.05) is 0 Å². The number of nitrogens with one attached hydrogen (secondary N) is 1. The van der Waals surface area contributed by atoms with Crippen LogP contribution >= 0.6 is 0 Å². The number of rotatable bonds is 3. The summed E-state index contributed by atoms with van der Waals surface area (Å²) in [7, 11) is 2.89. The Balaban J connectivity index is 2.88. The zero-order chi connectivity index (χ0) is 13.3. The Bertz CT molecular complexity index is 674. The minimum atomic E-state index is -1.28. The molecule has 0 atom stereocenters. The van der Waals surface area contributed by atoms with Crippen LogP contribution in [0.5, 0.6) is 11.5 Å². The van der Waals surface area contributed by atoms with Crippen LogP contribution in [0.2, 0.25) is 0 Å². The second-order valence-corrected chi connectivity index (χ2v) is 3.59. The van der Waals surface area contributed by atoms with Gasteiger partial charge in [0.25, 0.3) is 0 Å². The van der Waals surface area contributed by atoms with Crippen LogP contribution in [0, 0.1) is 0 Å². The van der Waals surface area contributed by atoms with Crippen LogP contribution in [0.4, 0.5) is 0 Å². The van der Waals surface area contributed by atoms with Crippen LogP contribution < -0.4 is 14.9 Å². The monoisotopic (exact) mass is 249 g/mol. The topological polar surface area (TPSA) is 88.6 Å². The van der Waals surface area contributed by atoms with Crippen LogP contribution in [0.3, 0.4) is 0 Å². The lowest BCUT2D eigenvalue weighted by Crippen LogP contribution is -2.16. The third kappa shape index (κ3) is 1.77. The number of aromatic carboxylic acids is 1. The molecule has 6 heteroatoms. The molecule has 0 unspecified atom stereocenters. The highest BCUT2D eigenvalue weighted by atomic mass is 16.5. The smallest absolute Gasteiger partial charge is 0.341 e. The van der Waals surface area contributed by atoms with Gasteiger partial charge in [0.15, 0.2) is 0 Å². The SMILES string of the molecule is COc1cc(OC)c2c(=O)c(C(=O)O)c[nH]c2c1. The number of fused-ring (bicyclic) bond motifs is 1. The van der Waals surface area contributed by atoms with Crippen molar-refractivity contribution in [2.24, 2.45) is 0 Å². The van der Waals surface area contributed by atoms with Gasteiger partial charge < -0.3 is 19.6 Å². The van der Waals surface area contributed by atoms with E-state index in [9.17, 15) is 9.59 Å². The Morgan fingerprint density at radius 2 is 2.00 bits per heavy atom. The van der Waals surface area contributed by atoms with E-state index in [-0.39, 0.29) is 16.7 Å². The van der Waals surface area contributed by atoms with E-state index in [1.54, 1.807) is 6.07 Å². The number of hydrogen-bond acceptors (Lipinski definition) is 4. The fraction of sp³-hybridized carbons (Fsp3) is 0.167. The van der Waals surface area contributed by atoms with Crippen LogP contribution in [-0.4, -0.2) is 30.3 Å². The number of hydrogen-bond donors (Lipinski definition) is 2. The molecule has 2 N–H and O–H groups in total. The third-order valence-electron chi connectivity index (χ3n) is 2.61. The molecule has 2 rings (SSSR count). The number of pyridine rings is 1. The summed E-state index contributed by atoms with van der Waals surface area (Å²) in [6.45, 7) is 0. The second-order valence-electron chi connectivity index (χ2n) is 3.59. The Hall–Kier alpha value is -2.50. The summed E-state index contributed by atoms with van der Waals surface area (Å²) >= 11 is 0. The Kier molecular flexibility index (Phi) is 2.93. The van der Waals surface area contributed by atoms with Gasteiger partial charge in [0.05, 0.1) is 25.1 Å². The van der Waals surface area contributed by atoms with Crippen molar-refractivity contribution in [3.63, 3.8) is 0 Å². The summed E-state index contributed by atoms with van der Waals surface area (Å²) in [5, 5.41) is 9.10. The van der Waals surface area contributed by atoms with E-state index in [0.29, 0.717) is 11.3 Å². The highest BCUT2D eigenvalue weighted by molar-refractivity contribution is 5.94. The number of ether oxygens (including phenoxy) is 2. The predicted octanol–water partition coefficient (Wildman–Crippen LogP) is 1.24. The first kappa shape index (κ1) is 12.0. The van der Waals surface area contributed by atoms with Gasteiger partial charge in [-0.15, -0.1) is 0 Å². The van der Waals surface area contributed by atoms with Gasteiger partial charge in [-0.05, 0) is 0 Å². The van der Waals surface area contributed by atoms with Gasteiger partial charge in [0.1, 0.15) is 17.1 Å². The lowest BCUT2D eigenvalue weighted by molar-refractivity contribution is 0.0695. The van der Waals surface area contributed by atoms with Crippen molar-refractivity contribution in [3.8, 4) is 11.5 Å². The third-order valence-corrected chi connectivity index (χ3v) is 2.61. The van der Waals surface area contributed by atoms with Crippen molar-refractivity contribution in [2.75, 3.05) is 14.2 Å². The van der Waals surface area contributed by atoms with Gasteiger partial charge in [-0.25, -0.2) is 4.79 Å². The molecule has 94 valence electrons. The standard InChI is InChI=1S/C12H11NO5/c1-17-6-3-8-10(9(4-6)18-2)11(14)7(5-13-8)12(15)16/h3-5H,1-2H3,(H,13,14)(H,15,16). The maximum Gasteiger partial charge on any atom is 0.341 e. The molecule has 0 amide bonds. The van der Waals surface area contributed by atoms with E-state index in [2.05, 4.69) is 4.98 Å². The zero-order valence-electron chi connectivity index (χ0n) is 9.81. The van der Waals surface area contributed by atoms with Gasteiger partial charge in [0, 0.05) is 18.3 Å². The van der Waals surface area contributed by atoms with Crippen molar-refractivity contribution < 1.29 is 19.4 Å². The Labute approximate surface area is 102 Å². The number of aromatic nitrogens is 1. The fourth-order valence-electron chi connectivity index (χ4n) is 1.73. The van der Waals surface area contributed by atoms with E-state index in [1.165, 1.54) is 20.3 Å². The molecule has 0 fully saturated rings. The van der Waals surface area contributed by atoms with E-state index < -0.39 is 11.4 Å². The minimum absolute atomic E-state index is 0.193. The summed E-state index contributed by atoms with van der Waals surface area (Å²) in [4.78, 5) is 25.7. The van der Waals surface area contributed by atoms with Gasteiger partial charge >= 0.3 is 5.97 Å². The van der Waals surface area contributed by atoms with E-state index >= 15 is 0 Å². The zero-order valence-corrected chi connectivity index (χ0v) is 9.81. The highest BCUT2D eigenvalue weighted by Gasteiger charge is 2.15. The van der Waals surface area contributed by atoms with Crippen molar-refractivity contribution in [1.82, 2.24) is 4.98 Å². The molecule has 18 heavy (non-hydrogen) atoms. The van der Waals surface area contributed by atoms with Crippen molar-refractivity contribution in [2.45, 2.75) is 0 Å². The van der Waals surface area contributed by atoms with Crippen molar-refractivity contribution in [1.29, 1.82) is 0 Å². The molecule has 0 radical (unpaired) electrons. The summed E-state index contributed by atoms with van der Waals surface area (Å²) in [5.74, 6) is -0.497. The fourth-order valence-corrected chi connectivity index (χ4v) is 1.73. The number of methoxy groups -OCH3 is 2. The van der Waals surface area contributed by atoms with E-state index in [0.717, 1.165) is 6.20 Å². The van der Waals surface area contributed by atoms with Gasteiger partial charge in [-0.3, -0.25) is 4.79 Å². The van der Waals surface area contributed by atoms with Crippen molar-refractivity contribution in [3.05, 3.63) is 34.1 Å². The van der Waals surface area contributed by atoms with Crippen LogP contribution in [0.1, 0.15) is 10.4 Å². The predicted molar refractivity (Wildman–Crippen MR) is 64.6 cm³/mol. The first-order valence-corrected chi connectivity index (χ1v) is 5.09. The average Bonchev–Trinajstić information content (AvgIpc) is 2.37. The number of benzene rings is 1. The number of carboxylic acids is 1. The van der Waals surface area contributed by atoms with Crippen LogP contribution in [0.15, 0.2) is 23.1 Å². The molecule has 0 saturated heterocycles. The maximum atomic E-state index is 12.0. The highest BCUT2D eigenvalue weighted by Crippen LogP contribution is 2.27. The lowest BCUT2D eigenvalue weighted by atomic mass is 10.1. The number of carbonyl (C=O) groups is 1. The molecule has 0 aliphatic heterocycles. The van der Waals surface area contributed by atoms with E-state index in [4.69, 9.17) is 14.6 Å². The summed E-state index contributed by atoms with van der Waals surface area (Å²) in [6, 6.07) is 3.13. The molecule has 2 aromatic rings. The minimum Gasteiger partial charge on any atom is -0.497 e. The molecule has 0 spiro atoms. The first-order valence-electron chi connectivity index (χ1n) is 5.09. The van der Waals surface area contributed by atoms with Crippen LogP contribution in [0.25, 0.3) is 10.9 Å². The van der Waals surface area contributed by atoms with Crippen molar-refractivity contribution >= 4 is 16.9 Å². The molecular weight excluding hydrogens is 238 g/mol. The molecular formula is C12H11NO5. The largest absolute Gasteiger partial charge is 0.497 e. The molecule has 0 aliphatic rings. The van der Waals surface area contributed by atoms with E-state index in [1.807, 2.05) is 0 Å². The Morgan fingerprint density at radius 1 is 1.28 bits per heavy atom. The number of carboxylic acid groups (broad SMARTS) is 1. The summed E-state index contributed by atoms with van der Waals surface area (Å²) < 4.78 is 10.2. The number of H-pyrrole nitrogens is 1. The molecule has 0 saturated carbocycles. The normalized spacial score (nSPS) is 10.3. The average molecular weight is 249 g/mol. The Morgan fingerprint density at radius 3 is 2.56 bits per heavy atom. The summed E-state index contributed by atoms with van der Waals surface area (Å²) in [6.07, 6.45) is 1.16. The molecule has 0 bridgehead atoms. The molecule has 1 aromatic heterocycles. The number of aromatic amines is 1. The summed E-state index contributed by atoms with van der Waals surface area (Å²) in [5.41, 5.74) is -0.456.